The third kappa shape index (κ3) is 3.27. The van der Waals surface area contributed by atoms with E-state index in [4.69, 9.17) is 0 Å². The van der Waals surface area contributed by atoms with Crippen LogP contribution in [0.1, 0.15) is 18.5 Å². The van der Waals surface area contributed by atoms with Crippen LogP contribution in [0.3, 0.4) is 0 Å². The number of amides is 2. The molecule has 0 saturated carbocycles. The van der Waals surface area contributed by atoms with Gasteiger partial charge in [0.25, 0.3) is 0 Å². The van der Waals surface area contributed by atoms with Crippen molar-refractivity contribution in [3.05, 3.63) is 29.8 Å². The quantitative estimate of drug-likeness (QED) is 0.650. The van der Waals surface area contributed by atoms with Gasteiger partial charge in [0.2, 0.25) is 0 Å². The Morgan fingerprint density at radius 3 is 2.60 bits per heavy atom. The van der Waals surface area contributed by atoms with E-state index in [1.807, 2.05) is 38.2 Å². The lowest BCUT2D eigenvalue weighted by atomic mass is 10.1. The first-order valence-corrected chi connectivity index (χ1v) is 6.70. The van der Waals surface area contributed by atoms with Crippen LogP contribution in [0.25, 0.3) is 0 Å². The molecule has 1 fully saturated rings. The van der Waals surface area contributed by atoms with E-state index >= 15 is 0 Å². The summed E-state index contributed by atoms with van der Waals surface area (Å²) in [5.41, 5.74) is 1.78. The van der Waals surface area contributed by atoms with E-state index in [2.05, 4.69) is 10.6 Å². The molecule has 0 aromatic heterocycles. The molecule has 6 heteroatoms. The number of hydrogen-bond donors (Lipinski definition) is 4. The number of nitrogens with one attached hydrogen (secondary N) is 2. The normalized spacial score (nSPS) is 23.7. The molecule has 1 saturated heterocycles. The maximum absolute atomic E-state index is 12.0. The van der Waals surface area contributed by atoms with Gasteiger partial charge in [0.15, 0.2) is 0 Å². The van der Waals surface area contributed by atoms with Gasteiger partial charge >= 0.3 is 6.03 Å². The Hall–Kier alpha value is -1.63. The zero-order valence-electron chi connectivity index (χ0n) is 11.7. The Labute approximate surface area is 118 Å². The molecule has 20 heavy (non-hydrogen) atoms. The van der Waals surface area contributed by atoms with Crippen molar-refractivity contribution < 1.29 is 15.0 Å². The molecule has 0 bridgehead atoms. The monoisotopic (exact) mass is 279 g/mol. The molecule has 6 nitrogen and oxygen atoms in total. The summed E-state index contributed by atoms with van der Waals surface area (Å²) in [7, 11) is 1.88. The maximum atomic E-state index is 12.0. The lowest BCUT2D eigenvalue weighted by molar-refractivity contribution is 0.0572. The number of aliphatic hydroxyl groups is 2. The van der Waals surface area contributed by atoms with E-state index in [0.717, 1.165) is 5.56 Å². The Bertz CT molecular complexity index is 470. The molecule has 1 aliphatic heterocycles. The number of carbonyl (C=O) groups excluding carboxylic acids is 1. The van der Waals surface area contributed by atoms with Crippen molar-refractivity contribution in [3.63, 3.8) is 0 Å². The van der Waals surface area contributed by atoms with Crippen LogP contribution in [0.2, 0.25) is 0 Å². The van der Waals surface area contributed by atoms with Gasteiger partial charge in [-0.15, -0.1) is 0 Å². The van der Waals surface area contributed by atoms with Crippen molar-refractivity contribution in [1.82, 2.24) is 10.2 Å². The van der Waals surface area contributed by atoms with E-state index in [9.17, 15) is 15.0 Å². The third-order valence-corrected chi connectivity index (χ3v) is 3.62. The van der Waals surface area contributed by atoms with Gasteiger partial charge < -0.3 is 25.7 Å². The molecule has 2 rings (SSSR count). The number of hydrogen-bond acceptors (Lipinski definition) is 4. The van der Waals surface area contributed by atoms with Crippen molar-refractivity contribution in [2.45, 2.75) is 25.2 Å². The lowest BCUT2D eigenvalue weighted by Crippen LogP contribution is -2.34. The number of urea groups is 1. The molecule has 0 spiro atoms. The van der Waals surface area contributed by atoms with E-state index in [1.54, 1.807) is 0 Å². The molecule has 1 aromatic rings. The van der Waals surface area contributed by atoms with Crippen molar-refractivity contribution in [2.24, 2.45) is 0 Å². The highest BCUT2D eigenvalue weighted by Gasteiger charge is 2.32. The first-order chi connectivity index (χ1) is 9.51. The fourth-order valence-electron chi connectivity index (χ4n) is 2.19. The van der Waals surface area contributed by atoms with Crippen LogP contribution in [0.5, 0.6) is 0 Å². The van der Waals surface area contributed by atoms with Gasteiger partial charge in [-0.25, -0.2) is 4.79 Å². The van der Waals surface area contributed by atoms with Crippen molar-refractivity contribution in [2.75, 3.05) is 25.5 Å². The first kappa shape index (κ1) is 14.8. The van der Waals surface area contributed by atoms with Gasteiger partial charge in [-0.05, 0) is 31.7 Å². The average molecular weight is 279 g/mol. The van der Waals surface area contributed by atoms with Crippen LogP contribution >= 0.6 is 0 Å². The topological polar surface area (TPSA) is 84.8 Å². The number of anilines is 1. The summed E-state index contributed by atoms with van der Waals surface area (Å²) >= 11 is 0. The minimum absolute atomic E-state index is 0.152. The lowest BCUT2D eigenvalue weighted by Gasteiger charge is -2.17. The number of benzene rings is 1. The van der Waals surface area contributed by atoms with Crippen LogP contribution in [0, 0.1) is 0 Å². The second kappa shape index (κ2) is 6.21. The summed E-state index contributed by atoms with van der Waals surface area (Å²) in [6, 6.07) is 7.47. The fraction of sp³-hybridized carbons (Fsp3) is 0.500. The summed E-state index contributed by atoms with van der Waals surface area (Å²) in [5, 5.41) is 24.8. The molecule has 3 unspecified atom stereocenters. The highest BCUT2D eigenvalue weighted by Crippen LogP contribution is 2.18. The molecule has 1 aliphatic rings. The van der Waals surface area contributed by atoms with Crippen LogP contribution in [-0.2, 0) is 0 Å². The molecule has 1 heterocycles. The molecular weight excluding hydrogens is 258 g/mol. The molecule has 0 aliphatic carbocycles. The standard InChI is InChI=1S/C14H21N3O3/c1-9(15-2)10-4-3-5-11(6-10)16-14(20)17-7-12(18)13(19)8-17/h3-6,9,12-13,15,18-19H,7-8H2,1-2H3,(H,16,20). The van der Waals surface area contributed by atoms with Gasteiger partial charge in [0, 0.05) is 11.7 Å². The van der Waals surface area contributed by atoms with E-state index in [1.165, 1.54) is 4.90 Å². The Kier molecular flexibility index (Phi) is 4.59. The number of nitrogens with zero attached hydrogens (tertiary/aromatic N) is 1. The van der Waals surface area contributed by atoms with Crippen LogP contribution in [-0.4, -0.2) is 53.5 Å². The molecule has 110 valence electrons. The fourth-order valence-corrected chi connectivity index (χ4v) is 2.19. The van der Waals surface area contributed by atoms with Crippen molar-refractivity contribution >= 4 is 11.7 Å². The van der Waals surface area contributed by atoms with Gasteiger partial charge in [0.05, 0.1) is 25.3 Å². The summed E-state index contributed by atoms with van der Waals surface area (Å²) < 4.78 is 0. The molecule has 2 amide bonds. The second-order valence-corrected chi connectivity index (χ2v) is 5.11. The van der Waals surface area contributed by atoms with Gasteiger partial charge in [-0.1, -0.05) is 12.1 Å². The largest absolute Gasteiger partial charge is 0.388 e. The Morgan fingerprint density at radius 2 is 2.00 bits per heavy atom. The van der Waals surface area contributed by atoms with E-state index in [-0.39, 0.29) is 25.2 Å². The summed E-state index contributed by atoms with van der Waals surface area (Å²) in [5.74, 6) is 0. The molecule has 0 radical (unpaired) electrons. The number of β-amino-alcohol motifs (C(OH)–C–C–N with tert-alkyl or cyclic N) is 2. The SMILES string of the molecule is CNC(C)c1cccc(NC(=O)N2CC(O)C(O)C2)c1. The molecule has 4 N–H and O–H groups in total. The van der Waals surface area contributed by atoms with Gasteiger partial charge in [-0.3, -0.25) is 0 Å². The van der Waals surface area contributed by atoms with Crippen molar-refractivity contribution in [1.29, 1.82) is 0 Å². The highest BCUT2D eigenvalue weighted by molar-refractivity contribution is 5.89. The van der Waals surface area contributed by atoms with E-state index < -0.39 is 12.2 Å². The van der Waals surface area contributed by atoms with Crippen LogP contribution < -0.4 is 10.6 Å². The first-order valence-electron chi connectivity index (χ1n) is 6.70. The number of carbonyl (C=O) groups is 1. The minimum atomic E-state index is -0.864. The maximum Gasteiger partial charge on any atom is 0.322 e. The van der Waals surface area contributed by atoms with Crippen LogP contribution in [0.15, 0.2) is 24.3 Å². The van der Waals surface area contributed by atoms with Crippen LogP contribution in [0.4, 0.5) is 10.5 Å². The van der Waals surface area contributed by atoms with Gasteiger partial charge in [-0.2, -0.15) is 0 Å². The summed E-state index contributed by atoms with van der Waals surface area (Å²) in [6.07, 6.45) is -1.73. The Balaban J connectivity index is 2.01. The number of aliphatic hydroxyl groups excluding tert-OH is 2. The third-order valence-electron chi connectivity index (χ3n) is 3.62. The predicted octanol–water partition coefficient (Wildman–Crippen LogP) is 0.536. The molecule has 1 aromatic carbocycles. The number of rotatable bonds is 3. The zero-order chi connectivity index (χ0) is 14.7. The predicted molar refractivity (Wildman–Crippen MR) is 76.5 cm³/mol. The van der Waals surface area contributed by atoms with Crippen molar-refractivity contribution in [3.8, 4) is 0 Å². The molecule has 3 atom stereocenters. The average Bonchev–Trinajstić information content (AvgIpc) is 2.78. The highest BCUT2D eigenvalue weighted by atomic mass is 16.3. The summed E-state index contributed by atoms with van der Waals surface area (Å²) in [4.78, 5) is 13.4. The van der Waals surface area contributed by atoms with Gasteiger partial charge in [0.1, 0.15) is 0 Å². The second-order valence-electron chi connectivity index (χ2n) is 5.11. The number of likely N-dealkylation sites (tertiary alicyclic amines) is 1. The van der Waals surface area contributed by atoms with E-state index in [0.29, 0.717) is 5.69 Å². The summed E-state index contributed by atoms with van der Waals surface area (Å²) in [6.45, 7) is 2.34. The zero-order valence-corrected chi connectivity index (χ0v) is 11.7. The Morgan fingerprint density at radius 1 is 1.35 bits per heavy atom. The smallest absolute Gasteiger partial charge is 0.322 e. The minimum Gasteiger partial charge on any atom is -0.388 e. The molecular formula is C14H21N3O3.